The van der Waals surface area contributed by atoms with Gasteiger partial charge in [0.1, 0.15) is 5.60 Å². The molecule has 45 heavy (non-hydrogen) atoms. The summed E-state index contributed by atoms with van der Waals surface area (Å²) in [6.45, 7) is 13.3. The zero-order chi connectivity index (χ0) is 33.4. The van der Waals surface area contributed by atoms with Crippen LogP contribution in [0.4, 0.5) is 0 Å². The molecule has 6 heteroatoms. The number of aliphatic hydroxyl groups excluding tert-OH is 2. The van der Waals surface area contributed by atoms with Crippen LogP contribution in [0.1, 0.15) is 202 Å². The molecule has 0 aliphatic carbocycles. The maximum Gasteiger partial charge on any atom is 0.306 e. The van der Waals surface area contributed by atoms with E-state index in [1.807, 2.05) is 20.8 Å². The first-order chi connectivity index (χ1) is 21.7. The van der Waals surface area contributed by atoms with Crippen molar-refractivity contribution in [2.45, 2.75) is 220 Å². The zero-order valence-electron chi connectivity index (χ0n) is 30.9. The van der Waals surface area contributed by atoms with Gasteiger partial charge in [-0.05, 0) is 78.8 Å². The van der Waals surface area contributed by atoms with Crippen LogP contribution in [0.25, 0.3) is 0 Å². The third-order valence-corrected chi connectivity index (χ3v) is 8.73. The number of unbranched alkanes of at least 4 members (excludes halogenated alkanes) is 18. The molecule has 0 bridgehead atoms. The first kappa shape index (κ1) is 44.3. The average molecular weight is 642 g/mol. The van der Waals surface area contributed by atoms with E-state index >= 15 is 0 Å². The molecule has 0 radical (unpaired) electrons. The average Bonchev–Trinajstić information content (AvgIpc) is 2.98. The fourth-order valence-corrected chi connectivity index (χ4v) is 6.06. The highest BCUT2D eigenvalue weighted by molar-refractivity contribution is 5.69. The minimum atomic E-state index is -0.618. The quantitative estimate of drug-likeness (QED) is 0.0413. The lowest BCUT2D eigenvalue weighted by Gasteiger charge is -2.22. The van der Waals surface area contributed by atoms with E-state index in [0.717, 1.165) is 83.8 Å². The Morgan fingerprint density at radius 2 is 1.02 bits per heavy atom. The van der Waals surface area contributed by atoms with E-state index in [9.17, 15) is 15.0 Å². The third kappa shape index (κ3) is 33.0. The fourth-order valence-electron chi connectivity index (χ4n) is 6.06. The largest absolute Gasteiger partial charge is 0.460 e. The molecule has 0 saturated heterocycles. The van der Waals surface area contributed by atoms with E-state index in [1.165, 1.54) is 96.3 Å². The van der Waals surface area contributed by atoms with E-state index < -0.39 is 11.9 Å². The van der Waals surface area contributed by atoms with Gasteiger partial charge in [0.2, 0.25) is 0 Å². The Labute approximate surface area is 280 Å². The van der Waals surface area contributed by atoms with Gasteiger partial charge < -0.3 is 24.6 Å². The summed E-state index contributed by atoms with van der Waals surface area (Å²) < 4.78 is 11.6. The van der Waals surface area contributed by atoms with Gasteiger partial charge in [0.15, 0.2) is 6.29 Å². The number of carbonyl (C=O) groups excluding carboxylic acids is 1. The number of ether oxygens (including phenoxy) is 2. The molecule has 0 spiro atoms. The van der Waals surface area contributed by atoms with Crippen LogP contribution >= 0.6 is 0 Å². The number of nitrogens with zero attached hydrogens (tertiary/aromatic N) is 1. The highest BCUT2D eigenvalue weighted by Crippen LogP contribution is 2.20. The smallest absolute Gasteiger partial charge is 0.306 e. The maximum absolute atomic E-state index is 11.8. The van der Waals surface area contributed by atoms with Gasteiger partial charge in [0.25, 0.3) is 0 Å². The molecule has 0 aliphatic rings. The van der Waals surface area contributed by atoms with E-state index in [2.05, 4.69) is 18.7 Å². The summed E-state index contributed by atoms with van der Waals surface area (Å²) in [5.41, 5.74) is -0.395. The first-order valence-corrected chi connectivity index (χ1v) is 19.6. The number of esters is 1. The van der Waals surface area contributed by atoms with Gasteiger partial charge in [-0.1, -0.05) is 129 Å². The van der Waals surface area contributed by atoms with Crippen LogP contribution in [0.2, 0.25) is 0 Å². The maximum atomic E-state index is 11.8. The summed E-state index contributed by atoms with van der Waals surface area (Å²) in [5, 5.41) is 20.1. The van der Waals surface area contributed by atoms with Crippen LogP contribution in [-0.4, -0.2) is 65.3 Å². The Morgan fingerprint density at radius 3 is 1.49 bits per heavy atom. The summed E-state index contributed by atoms with van der Waals surface area (Å²) in [5.74, 6) is -0.0904. The van der Waals surface area contributed by atoms with Crippen LogP contribution in [0.5, 0.6) is 0 Å². The van der Waals surface area contributed by atoms with Gasteiger partial charge in [-0.2, -0.15) is 0 Å². The Balaban J connectivity index is 4.04. The van der Waals surface area contributed by atoms with Crippen molar-refractivity contribution in [3.05, 3.63) is 0 Å². The molecule has 0 aromatic heterocycles. The number of rotatable bonds is 34. The van der Waals surface area contributed by atoms with Crippen LogP contribution in [0, 0.1) is 0 Å². The second-order valence-corrected chi connectivity index (χ2v) is 14.6. The van der Waals surface area contributed by atoms with Gasteiger partial charge in [-0.15, -0.1) is 0 Å². The lowest BCUT2D eigenvalue weighted by Crippen LogP contribution is -2.29. The highest BCUT2D eigenvalue weighted by atomic mass is 16.6. The molecule has 0 amide bonds. The minimum Gasteiger partial charge on any atom is -0.460 e. The molecule has 0 rings (SSSR count). The summed E-state index contributed by atoms with van der Waals surface area (Å²) >= 11 is 0. The molecule has 0 saturated carbocycles. The topological polar surface area (TPSA) is 79.2 Å². The predicted octanol–water partition coefficient (Wildman–Crippen LogP) is 10.5. The molecule has 270 valence electrons. The van der Waals surface area contributed by atoms with Crippen molar-refractivity contribution in [3.8, 4) is 0 Å². The molecule has 2 N–H and O–H groups in total. The third-order valence-electron chi connectivity index (χ3n) is 8.73. The zero-order valence-corrected chi connectivity index (χ0v) is 30.9. The summed E-state index contributed by atoms with van der Waals surface area (Å²) in [6.07, 6.45) is 29.8. The second kappa shape index (κ2) is 31.9. The fraction of sp³-hybridized carbons (Fsp3) is 0.974. The second-order valence-electron chi connectivity index (χ2n) is 14.6. The Bertz CT molecular complexity index is 607. The summed E-state index contributed by atoms with van der Waals surface area (Å²) in [4.78, 5) is 14.2. The minimum absolute atomic E-state index is 0.0904. The van der Waals surface area contributed by atoms with Crippen LogP contribution in [0.15, 0.2) is 0 Å². The lowest BCUT2D eigenvalue weighted by atomic mass is 10.0. The predicted molar refractivity (Wildman–Crippen MR) is 192 cm³/mol. The number of aliphatic hydroxyl groups is 2. The molecule has 1 unspecified atom stereocenters. The summed E-state index contributed by atoms with van der Waals surface area (Å²) in [7, 11) is 0. The van der Waals surface area contributed by atoms with Gasteiger partial charge in [0, 0.05) is 13.0 Å². The standard InChI is InChI=1S/C39H79NO5/c1-6-8-10-12-16-22-28-36(29-23-17-13-11-9-7-2)44-37(42)30-24-18-14-20-26-32-40(34-35-41)33-27-21-15-19-25-31-38(43)45-39(3,4)5/h36-37,41-42H,6-35H2,1-5H3. The molecule has 0 heterocycles. The van der Waals surface area contributed by atoms with Gasteiger partial charge in [-0.25, -0.2) is 0 Å². The molecular weight excluding hydrogens is 562 g/mol. The van der Waals surface area contributed by atoms with Gasteiger partial charge >= 0.3 is 5.97 Å². The number of hydrogen-bond donors (Lipinski definition) is 2. The first-order valence-electron chi connectivity index (χ1n) is 19.6. The van der Waals surface area contributed by atoms with Crippen molar-refractivity contribution in [2.24, 2.45) is 0 Å². The van der Waals surface area contributed by atoms with Crippen molar-refractivity contribution in [1.82, 2.24) is 4.90 Å². The molecule has 6 nitrogen and oxygen atoms in total. The van der Waals surface area contributed by atoms with Crippen LogP contribution in [-0.2, 0) is 14.3 Å². The van der Waals surface area contributed by atoms with E-state index in [4.69, 9.17) is 9.47 Å². The van der Waals surface area contributed by atoms with Crippen LogP contribution < -0.4 is 0 Å². The Kier molecular flexibility index (Phi) is 31.4. The van der Waals surface area contributed by atoms with E-state index in [1.54, 1.807) is 0 Å². The van der Waals surface area contributed by atoms with Crippen molar-refractivity contribution in [3.63, 3.8) is 0 Å². The molecule has 0 aliphatic heterocycles. The molecule has 0 fully saturated rings. The Morgan fingerprint density at radius 1 is 0.600 bits per heavy atom. The SMILES string of the molecule is CCCCCCCCC(CCCCCCCC)OC(O)CCCCCCCN(CCO)CCCCCCCC(=O)OC(C)(C)C. The molecule has 0 aromatic rings. The van der Waals surface area contributed by atoms with Crippen molar-refractivity contribution in [1.29, 1.82) is 0 Å². The van der Waals surface area contributed by atoms with Gasteiger partial charge in [-0.3, -0.25) is 4.79 Å². The monoisotopic (exact) mass is 642 g/mol. The van der Waals surface area contributed by atoms with Gasteiger partial charge in [0.05, 0.1) is 12.7 Å². The normalized spacial score (nSPS) is 12.8. The molecule has 0 aromatic carbocycles. The van der Waals surface area contributed by atoms with E-state index in [0.29, 0.717) is 6.42 Å². The van der Waals surface area contributed by atoms with Crippen molar-refractivity contribution in [2.75, 3.05) is 26.2 Å². The number of carbonyl (C=O) groups is 1. The molecular formula is C39H79NO5. The van der Waals surface area contributed by atoms with Crippen molar-refractivity contribution < 1.29 is 24.5 Å². The van der Waals surface area contributed by atoms with E-state index in [-0.39, 0.29) is 18.7 Å². The number of hydrogen-bond acceptors (Lipinski definition) is 6. The highest BCUT2D eigenvalue weighted by Gasteiger charge is 2.16. The lowest BCUT2D eigenvalue weighted by molar-refractivity contribution is -0.155. The molecule has 1 atom stereocenters. The summed E-state index contributed by atoms with van der Waals surface area (Å²) in [6, 6.07) is 0. The Hall–Kier alpha value is -0.690. The van der Waals surface area contributed by atoms with Crippen molar-refractivity contribution >= 4 is 5.97 Å². The van der Waals surface area contributed by atoms with Crippen LogP contribution in [0.3, 0.4) is 0 Å².